The second-order valence-electron chi connectivity index (χ2n) is 14.3. The van der Waals surface area contributed by atoms with Crippen molar-refractivity contribution >= 4 is 5.97 Å². The van der Waals surface area contributed by atoms with E-state index in [1.54, 1.807) is 40.0 Å². The first-order valence-corrected chi connectivity index (χ1v) is 15.3. The van der Waals surface area contributed by atoms with Crippen molar-refractivity contribution in [3.05, 3.63) is 59.9 Å². The second-order valence-corrected chi connectivity index (χ2v) is 14.3. The van der Waals surface area contributed by atoms with E-state index in [1.165, 1.54) is 13.0 Å². The highest BCUT2D eigenvalue weighted by atomic mass is 16.8. The maximum absolute atomic E-state index is 13.7. The first kappa shape index (κ1) is 30.3. The Labute approximate surface area is 255 Å². The predicted octanol–water partition coefficient (Wildman–Crippen LogP) is 1.47. The molecular weight excluding hydrogens is 572 g/mol. The summed E-state index contributed by atoms with van der Waals surface area (Å²) in [5.74, 6) is -7.20. The number of aliphatic hydroxyl groups excluding tert-OH is 1. The SMILES string of the molecule is CC(C)[C@@]1(O)[C@@H](OC(=O)c2ccc[nH]2)[C@@]2(NOCc3ccccc3)O[C@@]3(O)[C@]45O[C@@](O)(C[C@@]2(C)[C@@]4(O)CC[C@H](C)[C@H]5O)[C@]31C. The van der Waals surface area contributed by atoms with Gasteiger partial charge in [0.15, 0.2) is 23.2 Å². The molecule has 5 fully saturated rings. The molecule has 0 unspecified atom stereocenters. The molecule has 5 bridgehead atoms. The third kappa shape index (κ3) is 2.90. The summed E-state index contributed by atoms with van der Waals surface area (Å²) >= 11 is 0. The van der Waals surface area contributed by atoms with Crippen molar-refractivity contribution in [1.82, 2.24) is 10.5 Å². The van der Waals surface area contributed by atoms with Crippen LogP contribution in [-0.4, -0.2) is 82.8 Å². The Kier molecular flexibility index (Phi) is 6.12. The van der Waals surface area contributed by atoms with Gasteiger partial charge in [0.05, 0.1) is 18.1 Å². The number of aromatic nitrogens is 1. The number of carbonyl (C=O) groups excluding carboxylic acids is 1. The lowest BCUT2D eigenvalue weighted by Crippen LogP contribution is -2.96. The van der Waals surface area contributed by atoms with Gasteiger partial charge in [-0.05, 0) is 49.3 Å². The number of rotatable bonds is 7. The van der Waals surface area contributed by atoms with Crippen molar-refractivity contribution in [2.45, 2.75) is 107 Å². The Hall–Kier alpha value is -2.39. The standard InChI is InChI=1S/C32H42N2O10/c1-18(2)29(39)24(42-23(36)21-12-9-15-33-21)31(34-41-16-20-10-7-6-8-11-20)25(4)17-28(38)26(29,5)32(40,44-31)30(43-28)22(35)19(3)13-14-27(25,30)37/h6-12,15,18-19,22,24,33-35,37-40H,13-14,16-17H2,1-5H3/t19-,22+,24+,25-,26-,27-,28-,29+,30+,31+,32+/m0/s1. The van der Waals surface area contributed by atoms with E-state index in [2.05, 4.69) is 10.5 Å². The average Bonchev–Trinajstić information content (AvgIpc) is 3.55. The lowest BCUT2D eigenvalue weighted by molar-refractivity contribution is -0.535. The minimum atomic E-state index is -2.72. The zero-order valence-electron chi connectivity index (χ0n) is 25.5. The number of carbonyl (C=O) groups is 1. The number of H-pyrrole nitrogens is 1. The van der Waals surface area contributed by atoms with Gasteiger partial charge in [0.2, 0.25) is 5.79 Å². The summed E-state index contributed by atoms with van der Waals surface area (Å²) in [4.78, 5) is 22.6. The Balaban J connectivity index is 1.50. The van der Waals surface area contributed by atoms with Crippen molar-refractivity contribution in [2.24, 2.45) is 22.7 Å². The largest absolute Gasteiger partial charge is 0.450 e. The number of aromatic amines is 1. The fourth-order valence-electron chi connectivity index (χ4n) is 9.78. The topological polar surface area (TPSA) is 183 Å². The van der Waals surface area contributed by atoms with Crippen LogP contribution in [0.4, 0.5) is 0 Å². The molecule has 7 N–H and O–H groups in total. The van der Waals surface area contributed by atoms with Crippen molar-refractivity contribution in [2.75, 3.05) is 0 Å². The molecule has 1 saturated carbocycles. The highest BCUT2D eigenvalue weighted by molar-refractivity contribution is 5.87. The monoisotopic (exact) mass is 614 g/mol. The van der Waals surface area contributed by atoms with Crippen molar-refractivity contribution < 1.29 is 49.4 Å². The molecule has 5 aliphatic rings. The van der Waals surface area contributed by atoms with Crippen molar-refractivity contribution in [1.29, 1.82) is 0 Å². The van der Waals surface area contributed by atoms with Gasteiger partial charge in [-0.1, -0.05) is 58.0 Å². The van der Waals surface area contributed by atoms with Gasteiger partial charge in [0.1, 0.15) is 22.3 Å². The van der Waals surface area contributed by atoms with Crippen LogP contribution < -0.4 is 5.48 Å². The number of benzene rings is 1. The quantitative estimate of drug-likeness (QED) is 0.177. The molecular formula is C32H42N2O10. The summed E-state index contributed by atoms with van der Waals surface area (Å²) in [6, 6.07) is 12.3. The minimum absolute atomic E-state index is 0.000866. The zero-order valence-corrected chi connectivity index (χ0v) is 25.5. The summed E-state index contributed by atoms with van der Waals surface area (Å²) in [5, 5.41) is 63.6. The van der Waals surface area contributed by atoms with Crippen LogP contribution in [0.1, 0.15) is 69.9 Å². The molecule has 12 heteroatoms. The Morgan fingerprint density at radius 2 is 1.80 bits per heavy atom. The molecule has 4 saturated heterocycles. The molecule has 44 heavy (non-hydrogen) atoms. The lowest BCUT2D eigenvalue weighted by atomic mass is 9.42. The molecule has 240 valence electrons. The Morgan fingerprint density at radius 1 is 1.09 bits per heavy atom. The van der Waals surface area contributed by atoms with Crippen LogP contribution >= 0.6 is 0 Å². The van der Waals surface area contributed by atoms with E-state index < -0.39 is 74.9 Å². The molecule has 1 aromatic carbocycles. The van der Waals surface area contributed by atoms with Crippen LogP contribution in [-0.2, 0) is 25.7 Å². The van der Waals surface area contributed by atoms with E-state index in [-0.39, 0.29) is 25.1 Å². The van der Waals surface area contributed by atoms with Gasteiger partial charge in [-0.2, -0.15) is 5.48 Å². The van der Waals surface area contributed by atoms with Gasteiger partial charge < -0.3 is 44.7 Å². The second kappa shape index (κ2) is 8.90. The van der Waals surface area contributed by atoms with E-state index in [1.807, 2.05) is 30.3 Å². The third-order valence-electron chi connectivity index (χ3n) is 12.3. The highest BCUT2D eigenvalue weighted by Crippen LogP contribution is 2.84. The van der Waals surface area contributed by atoms with Gasteiger partial charge >= 0.3 is 5.97 Å². The number of nitrogens with one attached hydrogen (secondary N) is 2. The lowest BCUT2D eigenvalue weighted by Gasteiger charge is -2.76. The number of hydrogen-bond acceptors (Lipinski definition) is 11. The summed E-state index contributed by atoms with van der Waals surface area (Å²) in [6.45, 7) is 8.15. The average molecular weight is 615 g/mol. The number of hydroxylamine groups is 1. The predicted molar refractivity (Wildman–Crippen MR) is 152 cm³/mol. The van der Waals surface area contributed by atoms with Crippen molar-refractivity contribution in [3.63, 3.8) is 0 Å². The summed E-state index contributed by atoms with van der Waals surface area (Å²) in [7, 11) is 0. The van der Waals surface area contributed by atoms with Gasteiger partial charge in [-0.3, -0.25) is 4.84 Å². The van der Waals surface area contributed by atoms with Crippen LogP contribution in [0.15, 0.2) is 48.7 Å². The fourth-order valence-corrected chi connectivity index (χ4v) is 9.78. The molecule has 7 rings (SSSR count). The van der Waals surface area contributed by atoms with E-state index in [0.29, 0.717) is 6.42 Å². The zero-order chi connectivity index (χ0) is 31.8. The molecule has 5 heterocycles. The Bertz CT molecular complexity index is 1470. The van der Waals surface area contributed by atoms with Crippen molar-refractivity contribution in [3.8, 4) is 0 Å². The molecule has 11 atom stereocenters. The molecule has 1 aromatic heterocycles. The van der Waals surface area contributed by atoms with Gasteiger partial charge in [-0.25, -0.2) is 4.79 Å². The molecule has 4 aliphatic heterocycles. The maximum Gasteiger partial charge on any atom is 0.355 e. The van der Waals surface area contributed by atoms with Gasteiger partial charge in [-0.15, -0.1) is 0 Å². The van der Waals surface area contributed by atoms with E-state index in [0.717, 1.165) is 5.56 Å². The number of hydrogen-bond donors (Lipinski definition) is 7. The van der Waals surface area contributed by atoms with Crippen LogP contribution in [0.3, 0.4) is 0 Å². The van der Waals surface area contributed by atoms with E-state index in [9.17, 15) is 30.3 Å². The van der Waals surface area contributed by atoms with Gasteiger partial charge in [0, 0.05) is 12.6 Å². The summed E-state index contributed by atoms with van der Waals surface area (Å²) in [5.41, 5.74) is -8.88. The van der Waals surface area contributed by atoms with Gasteiger partial charge in [0.25, 0.3) is 0 Å². The van der Waals surface area contributed by atoms with Crippen LogP contribution in [0.2, 0.25) is 0 Å². The number of esters is 1. The number of ether oxygens (including phenoxy) is 3. The number of fused-ring (bicyclic) bond motifs is 4. The molecule has 1 spiro atoms. The first-order valence-electron chi connectivity index (χ1n) is 15.3. The molecule has 12 nitrogen and oxygen atoms in total. The smallest absolute Gasteiger partial charge is 0.355 e. The summed E-state index contributed by atoms with van der Waals surface area (Å²) in [6.07, 6.45) is -1.62. The molecule has 2 aromatic rings. The number of aliphatic hydroxyl groups is 5. The minimum Gasteiger partial charge on any atom is -0.450 e. The summed E-state index contributed by atoms with van der Waals surface area (Å²) < 4.78 is 19.3. The van der Waals surface area contributed by atoms with E-state index in [4.69, 9.17) is 19.0 Å². The van der Waals surface area contributed by atoms with Crippen LogP contribution in [0.25, 0.3) is 0 Å². The molecule has 1 aliphatic carbocycles. The van der Waals surface area contributed by atoms with Crippen LogP contribution in [0.5, 0.6) is 0 Å². The van der Waals surface area contributed by atoms with E-state index >= 15 is 0 Å². The van der Waals surface area contributed by atoms with Crippen LogP contribution in [0, 0.1) is 22.7 Å². The molecule has 0 radical (unpaired) electrons. The fraction of sp³-hybridized carbons (Fsp3) is 0.656. The normalized spacial score (nSPS) is 50.2. The third-order valence-corrected chi connectivity index (χ3v) is 12.3. The Morgan fingerprint density at radius 3 is 2.43 bits per heavy atom. The molecule has 0 amide bonds. The first-order chi connectivity index (χ1) is 20.6. The maximum atomic E-state index is 13.7. The highest BCUT2D eigenvalue weighted by Gasteiger charge is 3.04.